The van der Waals surface area contributed by atoms with Crippen molar-refractivity contribution in [3.8, 4) is 5.75 Å². The van der Waals surface area contributed by atoms with Gasteiger partial charge in [0.25, 0.3) is 0 Å². The third kappa shape index (κ3) is 3.53. The fourth-order valence-electron chi connectivity index (χ4n) is 3.37. The molecule has 1 aromatic carbocycles. The quantitative estimate of drug-likeness (QED) is 0.728. The number of carbonyl (C=O) groups excluding carboxylic acids is 1. The average molecular weight is 389 g/mol. The first-order chi connectivity index (χ1) is 11.8. The van der Waals surface area contributed by atoms with Crippen molar-refractivity contribution in [2.75, 3.05) is 32.2 Å². The molecule has 25 heavy (non-hydrogen) atoms. The van der Waals surface area contributed by atoms with E-state index in [4.69, 9.17) is 37.4 Å². The maximum Gasteiger partial charge on any atom is 0.319 e. The Labute approximate surface area is 157 Å². The number of hydrogen-bond acceptors (Lipinski definition) is 4. The number of nitrogens with one attached hydrogen (secondary N) is 2. The van der Waals surface area contributed by atoms with E-state index in [1.165, 1.54) is 0 Å². The summed E-state index contributed by atoms with van der Waals surface area (Å²) in [5.74, 6) is 0.745. The molecule has 1 heterocycles. The third-order valence-electron chi connectivity index (χ3n) is 4.95. The Morgan fingerprint density at radius 1 is 1.32 bits per heavy atom. The third-order valence-corrected chi connectivity index (χ3v) is 5.51. The molecule has 8 heteroatoms. The highest BCUT2D eigenvalue weighted by Crippen LogP contribution is 2.57. The largest absolute Gasteiger partial charge is 0.488 e. The lowest BCUT2D eigenvalue weighted by Gasteiger charge is -2.31. The molecule has 6 nitrogen and oxygen atoms in total. The molecule has 1 saturated heterocycles. The molecule has 2 amide bonds. The lowest BCUT2D eigenvalue weighted by Crippen LogP contribution is -2.52. The van der Waals surface area contributed by atoms with Crippen LogP contribution in [0.5, 0.6) is 5.75 Å². The van der Waals surface area contributed by atoms with Gasteiger partial charge in [-0.25, -0.2) is 4.79 Å². The SMILES string of the molecule is COCCOc1c(Cl)cc(NC(=O)NC23CC2COC3(C)C)cc1Cl. The minimum Gasteiger partial charge on any atom is -0.488 e. The lowest BCUT2D eigenvalue weighted by molar-refractivity contribution is -0.00667. The first-order valence-corrected chi connectivity index (χ1v) is 8.88. The Hall–Kier alpha value is -1.21. The summed E-state index contributed by atoms with van der Waals surface area (Å²) in [6.45, 7) is 5.44. The fraction of sp³-hybridized carbons (Fsp3) is 0.588. The molecule has 1 saturated carbocycles. The molecule has 1 aliphatic heterocycles. The topological polar surface area (TPSA) is 68.8 Å². The maximum absolute atomic E-state index is 12.4. The van der Waals surface area contributed by atoms with Gasteiger partial charge in [-0.3, -0.25) is 0 Å². The molecule has 1 aliphatic carbocycles. The van der Waals surface area contributed by atoms with Crippen LogP contribution in [0, 0.1) is 5.92 Å². The Balaban J connectivity index is 1.64. The first kappa shape index (κ1) is 18.6. The van der Waals surface area contributed by atoms with Crippen LogP contribution in [0.4, 0.5) is 10.5 Å². The standard InChI is InChI=1S/C17H22Cl2N2O4/c1-16(2)17(8-10(17)9-25-16)21-15(22)20-11-6-12(18)14(13(19)7-11)24-5-4-23-3/h6-7,10H,4-5,8-9H2,1-3H3,(H2,20,21,22). The highest BCUT2D eigenvalue weighted by Gasteiger charge is 2.69. The molecule has 2 N–H and O–H groups in total. The van der Waals surface area contributed by atoms with E-state index < -0.39 is 0 Å². The predicted octanol–water partition coefficient (Wildman–Crippen LogP) is 3.71. The van der Waals surface area contributed by atoms with Gasteiger partial charge in [0.15, 0.2) is 5.75 Å². The minimum atomic E-state index is -0.372. The van der Waals surface area contributed by atoms with Crippen LogP contribution in [-0.2, 0) is 9.47 Å². The summed E-state index contributed by atoms with van der Waals surface area (Å²) < 4.78 is 16.2. The Kier molecular flexibility index (Phi) is 5.08. The number of benzene rings is 1. The van der Waals surface area contributed by atoms with Gasteiger partial charge in [-0.1, -0.05) is 23.2 Å². The Morgan fingerprint density at radius 3 is 2.52 bits per heavy atom. The van der Waals surface area contributed by atoms with Crippen molar-refractivity contribution in [3.05, 3.63) is 22.2 Å². The van der Waals surface area contributed by atoms with Crippen LogP contribution >= 0.6 is 23.2 Å². The summed E-state index contributed by atoms with van der Waals surface area (Å²) in [6.07, 6.45) is 0.932. The molecule has 3 rings (SSSR count). The van der Waals surface area contributed by atoms with Crippen molar-refractivity contribution in [2.24, 2.45) is 5.92 Å². The van der Waals surface area contributed by atoms with Crippen LogP contribution in [0.2, 0.25) is 10.0 Å². The van der Waals surface area contributed by atoms with Gasteiger partial charge in [0, 0.05) is 18.7 Å². The zero-order valence-electron chi connectivity index (χ0n) is 14.4. The van der Waals surface area contributed by atoms with E-state index in [1.54, 1.807) is 19.2 Å². The molecule has 0 bridgehead atoms. The van der Waals surface area contributed by atoms with E-state index in [-0.39, 0.29) is 17.2 Å². The van der Waals surface area contributed by atoms with E-state index in [2.05, 4.69) is 10.6 Å². The minimum absolute atomic E-state index is 0.298. The number of amides is 2. The van der Waals surface area contributed by atoms with Gasteiger partial charge in [0.1, 0.15) is 6.61 Å². The summed E-state index contributed by atoms with van der Waals surface area (Å²) >= 11 is 12.4. The van der Waals surface area contributed by atoms with Crippen molar-refractivity contribution in [3.63, 3.8) is 0 Å². The highest BCUT2D eigenvalue weighted by atomic mass is 35.5. The number of rotatable bonds is 6. The van der Waals surface area contributed by atoms with E-state index >= 15 is 0 Å². The summed E-state index contributed by atoms with van der Waals surface area (Å²) in [6, 6.07) is 2.90. The van der Waals surface area contributed by atoms with Gasteiger partial charge in [-0.05, 0) is 32.4 Å². The first-order valence-electron chi connectivity index (χ1n) is 8.13. The molecule has 138 valence electrons. The van der Waals surface area contributed by atoms with Gasteiger partial charge in [-0.15, -0.1) is 0 Å². The molecule has 2 unspecified atom stereocenters. The molecular weight excluding hydrogens is 367 g/mol. The van der Waals surface area contributed by atoms with Crippen LogP contribution < -0.4 is 15.4 Å². The molecule has 2 fully saturated rings. The van der Waals surface area contributed by atoms with E-state index in [1.807, 2.05) is 13.8 Å². The van der Waals surface area contributed by atoms with Gasteiger partial charge in [0.2, 0.25) is 0 Å². The van der Waals surface area contributed by atoms with Crippen LogP contribution in [0.1, 0.15) is 20.3 Å². The van der Waals surface area contributed by atoms with Crippen molar-refractivity contribution in [1.82, 2.24) is 5.32 Å². The fourth-order valence-corrected chi connectivity index (χ4v) is 3.97. The Bertz CT molecular complexity index is 660. The number of fused-ring (bicyclic) bond motifs is 1. The Morgan fingerprint density at radius 2 is 2.00 bits per heavy atom. The summed E-state index contributed by atoms with van der Waals surface area (Å²) in [4.78, 5) is 12.4. The number of anilines is 1. The molecule has 2 aliphatic rings. The van der Waals surface area contributed by atoms with Crippen molar-refractivity contribution >= 4 is 34.9 Å². The molecule has 1 aromatic rings. The van der Waals surface area contributed by atoms with E-state index in [9.17, 15) is 4.79 Å². The second kappa shape index (κ2) is 6.83. The lowest BCUT2D eigenvalue weighted by atomic mass is 9.96. The monoisotopic (exact) mass is 388 g/mol. The molecular formula is C17H22Cl2N2O4. The van der Waals surface area contributed by atoms with Gasteiger partial charge in [0.05, 0.1) is 34.4 Å². The summed E-state index contributed by atoms with van der Waals surface area (Å²) in [7, 11) is 1.58. The van der Waals surface area contributed by atoms with Crippen LogP contribution in [-0.4, -0.2) is 44.1 Å². The van der Waals surface area contributed by atoms with E-state index in [0.29, 0.717) is 47.2 Å². The van der Waals surface area contributed by atoms with Gasteiger partial charge in [-0.2, -0.15) is 0 Å². The zero-order chi connectivity index (χ0) is 18.2. The highest BCUT2D eigenvalue weighted by molar-refractivity contribution is 6.37. The predicted molar refractivity (Wildman–Crippen MR) is 96.9 cm³/mol. The smallest absolute Gasteiger partial charge is 0.319 e. The normalized spacial score (nSPS) is 26.0. The van der Waals surface area contributed by atoms with Crippen molar-refractivity contribution < 1.29 is 19.0 Å². The number of halogens is 2. The molecule has 0 aromatic heterocycles. The number of urea groups is 1. The summed E-state index contributed by atoms with van der Waals surface area (Å²) in [5, 5.41) is 6.48. The van der Waals surface area contributed by atoms with Gasteiger partial charge >= 0.3 is 6.03 Å². The van der Waals surface area contributed by atoms with Crippen LogP contribution in [0.15, 0.2) is 12.1 Å². The second-order valence-electron chi connectivity index (χ2n) is 6.88. The number of methoxy groups -OCH3 is 1. The zero-order valence-corrected chi connectivity index (χ0v) is 16.0. The number of hydrogen-bond donors (Lipinski definition) is 2. The van der Waals surface area contributed by atoms with Crippen LogP contribution in [0.25, 0.3) is 0 Å². The maximum atomic E-state index is 12.4. The molecule has 0 spiro atoms. The van der Waals surface area contributed by atoms with Crippen LogP contribution in [0.3, 0.4) is 0 Å². The van der Waals surface area contributed by atoms with Gasteiger partial charge < -0.3 is 24.8 Å². The van der Waals surface area contributed by atoms with Crippen molar-refractivity contribution in [2.45, 2.75) is 31.4 Å². The second-order valence-corrected chi connectivity index (χ2v) is 7.70. The molecule has 0 radical (unpaired) electrons. The molecule has 2 atom stereocenters. The summed E-state index contributed by atoms with van der Waals surface area (Å²) in [5.41, 5.74) is -0.172. The number of carbonyl (C=O) groups is 1. The average Bonchev–Trinajstić information content (AvgIpc) is 3.17. The van der Waals surface area contributed by atoms with E-state index in [0.717, 1.165) is 6.42 Å². The number of ether oxygens (including phenoxy) is 3. The van der Waals surface area contributed by atoms with Crippen molar-refractivity contribution in [1.29, 1.82) is 0 Å².